The predicted molar refractivity (Wildman–Crippen MR) is 262 cm³/mol. The van der Waals surface area contributed by atoms with Crippen molar-refractivity contribution >= 4 is 88.5 Å². The minimum Gasteiger partial charge on any atom is -0.310 e. The molecule has 0 unspecified atom stereocenters. The first-order valence-corrected chi connectivity index (χ1v) is 21.2. The number of rotatable bonds is 8. The van der Waals surface area contributed by atoms with Crippen LogP contribution < -0.4 is 9.80 Å². The van der Waals surface area contributed by atoms with Gasteiger partial charge in [0.1, 0.15) is 0 Å². The highest BCUT2D eigenvalue weighted by molar-refractivity contribution is 6.21. The van der Waals surface area contributed by atoms with Gasteiger partial charge in [-0.2, -0.15) is 0 Å². The molecule has 4 nitrogen and oxygen atoms in total. The molecule has 10 aromatic carbocycles. The second-order valence-electron chi connectivity index (χ2n) is 15.8. The molecular formula is C58H40N4. The summed E-state index contributed by atoms with van der Waals surface area (Å²) in [6.07, 6.45) is 0. The van der Waals surface area contributed by atoms with Gasteiger partial charge >= 0.3 is 0 Å². The number of nitrogens with zero attached hydrogens (tertiary/aromatic N) is 4. The van der Waals surface area contributed by atoms with Crippen molar-refractivity contribution < 1.29 is 0 Å². The first kappa shape index (κ1) is 35.6. The number of hydrogen-bond donors (Lipinski definition) is 0. The summed E-state index contributed by atoms with van der Waals surface area (Å²) in [5, 5.41) is 7.17. The Hall–Kier alpha value is -8.34. The number of aromatic nitrogens is 2. The first-order chi connectivity index (χ1) is 30.8. The Balaban J connectivity index is 1.22. The average molecular weight is 793 g/mol. The van der Waals surface area contributed by atoms with E-state index in [0.29, 0.717) is 0 Å². The van der Waals surface area contributed by atoms with Gasteiger partial charge in [0.25, 0.3) is 0 Å². The van der Waals surface area contributed by atoms with Gasteiger partial charge < -0.3 is 18.9 Å². The van der Waals surface area contributed by atoms with E-state index in [9.17, 15) is 0 Å². The molecule has 2 aromatic heterocycles. The van der Waals surface area contributed by atoms with E-state index in [2.05, 4.69) is 262 Å². The van der Waals surface area contributed by atoms with E-state index in [4.69, 9.17) is 0 Å². The number of anilines is 6. The van der Waals surface area contributed by atoms with Crippen LogP contribution in [0.5, 0.6) is 0 Å². The lowest BCUT2D eigenvalue weighted by Gasteiger charge is -2.26. The normalized spacial score (nSPS) is 11.5. The molecular weight excluding hydrogens is 753 g/mol. The standard InChI is InChI=1S/C58H40N4/c1-5-21-45(22-6-1)59(46-23-7-2-8-24-46)51-33-35-55-53(39-51)57-58(61(55)49-31-29-41-17-13-15-19-43(41)37-49)54-40-52(60(47-25-9-3-10-26-47)48-27-11-4-12-28-48)34-36-56(54)62(57)50-32-30-42-18-14-16-20-44(42)38-50/h1-40H. The summed E-state index contributed by atoms with van der Waals surface area (Å²) in [4.78, 5) is 4.72. The highest BCUT2D eigenvalue weighted by Crippen LogP contribution is 2.46. The van der Waals surface area contributed by atoms with Crippen LogP contribution in [0.4, 0.5) is 34.1 Å². The molecule has 0 aliphatic carbocycles. The topological polar surface area (TPSA) is 16.3 Å². The van der Waals surface area contributed by atoms with Gasteiger partial charge in [-0.1, -0.05) is 133 Å². The summed E-state index contributed by atoms with van der Waals surface area (Å²) >= 11 is 0. The van der Waals surface area contributed by atoms with E-state index in [1.165, 1.54) is 21.5 Å². The second-order valence-corrected chi connectivity index (χ2v) is 15.8. The number of benzene rings is 10. The molecule has 4 heteroatoms. The molecule has 0 bridgehead atoms. The van der Waals surface area contributed by atoms with Crippen molar-refractivity contribution in [2.45, 2.75) is 0 Å². The molecule has 0 saturated carbocycles. The molecule has 12 rings (SSSR count). The molecule has 62 heavy (non-hydrogen) atoms. The van der Waals surface area contributed by atoms with E-state index in [0.717, 1.165) is 78.3 Å². The highest BCUT2D eigenvalue weighted by atomic mass is 15.2. The highest BCUT2D eigenvalue weighted by Gasteiger charge is 2.25. The Morgan fingerprint density at radius 1 is 0.242 bits per heavy atom. The molecule has 0 aliphatic rings. The van der Waals surface area contributed by atoms with Crippen molar-refractivity contribution in [3.8, 4) is 11.4 Å². The minimum atomic E-state index is 1.09. The van der Waals surface area contributed by atoms with Crippen LogP contribution in [0.15, 0.2) is 243 Å². The van der Waals surface area contributed by atoms with Crippen LogP contribution in [0.25, 0.3) is 65.8 Å². The fraction of sp³-hybridized carbons (Fsp3) is 0. The summed E-state index contributed by atoms with van der Waals surface area (Å²) in [5.74, 6) is 0. The van der Waals surface area contributed by atoms with Gasteiger partial charge in [-0.05, 0) is 131 Å². The average Bonchev–Trinajstić information content (AvgIpc) is 3.85. The summed E-state index contributed by atoms with van der Waals surface area (Å²) in [6, 6.07) is 87.7. The van der Waals surface area contributed by atoms with Gasteiger partial charge in [0, 0.05) is 56.3 Å². The van der Waals surface area contributed by atoms with Gasteiger partial charge in [-0.25, -0.2) is 0 Å². The molecule has 0 spiro atoms. The van der Waals surface area contributed by atoms with Crippen molar-refractivity contribution in [2.24, 2.45) is 0 Å². The Bertz CT molecular complexity index is 3250. The smallest absolute Gasteiger partial charge is 0.0804 e. The zero-order chi connectivity index (χ0) is 41.0. The lowest BCUT2D eigenvalue weighted by Crippen LogP contribution is -2.09. The largest absolute Gasteiger partial charge is 0.310 e. The molecule has 12 aromatic rings. The third-order valence-corrected chi connectivity index (χ3v) is 12.2. The van der Waals surface area contributed by atoms with Gasteiger partial charge in [0.2, 0.25) is 0 Å². The Labute approximate surface area is 360 Å². The number of fused-ring (bicyclic) bond motifs is 7. The van der Waals surface area contributed by atoms with Crippen LogP contribution in [-0.4, -0.2) is 9.13 Å². The minimum absolute atomic E-state index is 1.09. The van der Waals surface area contributed by atoms with E-state index in [1.54, 1.807) is 0 Å². The third-order valence-electron chi connectivity index (χ3n) is 12.2. The van der Waals surface area contributed by atoms with Crippen LogP contribution in [0.1, 0.15) is 0 Å². The second kappa shape index (κ2) is 14.7. The Morgan fingerprint density at radius 2 is 0.565 bits per heavy atom. The Kier molecular flexibility index (Phi) is 8.46. The summed E-state index contributed by atoms with van der Waals surface area (Å²) < 4.78 is 4.99. The molecule has 0 atom stereocenters. The van der Waals surface area contributed by atoms with Gasteiger partial charge in [0.15, 0.2) is 0 Å². The monoisotopic (exact) mass is 792 g/mol. The van der Waals surface area contributed by atoms with Crippen LogP contribution in [0.3, 0.4) is 0 Å². The van der Waals surface area contributed by atoms with Crippen molar-refractivity contribution in [3.63, 3.8) is 0 Å². The lowest BCUT2D eigenvalue weighted by molar-refractivity contribution is 1.18. The maximum absolute atomic E-state index is 2.50. The van der Waals surface area contributed by atoms with E-state index < -0.39 is 0 Å². The van der Waals surface area contributed by atoms with Gasteiger partial charge in [-0.15, -0.1) is 0 Å². The fourth-order valence-electron chi connectivity index (χ4n) is 9.41. The number of para-hydroxylation sites is 4. The van der Waals surface area contributed by atoms with Crippen LogP contribution in [0.2, 0.25) is 0 Å². The van der Waals surface area contributed by atoms with Gasteiger partial charge in [-0.3, -0.25) is 0 Å². The summed E-state index contributed by atoms with van der Waals surface area (Å²) in [6.45, 7) is 0. The molecule has 0 aliphatic heterocycles. The fourth-order valence-corrected chi connectivity index (χ4v) is 9.41. The SMILES string of the molecule is c1ccc(N(c2ccccc2)c2ccc3c(c2)c2c(c4cc(N(c5ccccc5)c5ccccc5)ccc4n2-c2ccc4ccccc4c2)n3-c2ccc3ccccc3c2)cc1. The Morgan fingerprint density at radius 3 is 0.919 bits per heavy atom. The molecule has 0 saturated heterocycles. The molecule has 0 fully saturated rings. The molecule has 292 valence electrons. The lowest BCUT2D eigenvalue weighted by atomic mass is 10.1. The molecule has 0 radical (unpaired) electrons. The van der Waals surface area contributed by atoms with E-state index >= 15 is 0 Å². The van der Waals surface area contributed by atoms with Gasteiger partial charge in [0.05, 0.1) is 22.1 Å². The van der Waals surface area contributed by atoms with Crippen molar-refractivity contribution in [1.82, 2.24) is 9.13 Å². The quantitative estimate of drug-likeness (QED) is 0.152. The molecule has 0 N–H and O–H groups in total. The van der Waals surface area contributed by atoms with Crippen LogP contribution in [-0.2, 0) is 0 Å². The van der Waals surface area contributed by atoms with Crippen LogP contribution in [0, 0.1) is 0 Å². The molecule has 0 amide bonds. The maximum atomic E-state index is 2.50. The third kappa shape index (κ3) is 5.92. The van der Waals surface area contributed by atoms with E-state index in [-0.39, 0.29) is 0 Å². The number of hydrogen-bond acceptors (Lipinski definition) is 2. The van der Waals surface area contributed by atoms with Crippen molar-refractivity contribution in [3.05, 3.63) is 243 Å². The zero-order valence-corrected chi connectivity index (χ0v) is 33.9. The molecule has 2 heterocycles. The van der Waals surface area contributed by atoms with Crippen LogP contribution >= 0.6 is 0 Å². The predicted octanol–water partition coefficient (Wildman–Crippen LogP) is 16.0. The zero-order valence-electron chi connectivity index (χ0n) is 33.9. The van der Waals surface area contributed by atoms with E-state index in [1.807, 2.05) is 0 Å². The summed E-state index contributed by atoms with van der Waals surface area (Å²) in [5.41, 5.74) is 13.4. The first-order valence-electron chi connectivity index (χ1n) is 21.2. The summed E-state index contributed by atoms with van der Waals surface area (Å²) in [7, 11) is 0. The van der Waals surface area contributed by atoms with Crippen molar-refractivity contribution in [2.75, 3.05) is 9.80 Å². The van der Waals surface area contributed by atoms with Crippen molar-refractivity contribution in [1.29, 1.82) is 0 Å². The maximum Gasteiger partial charge on any atom is 0.0804 e.